The summed E-state index contributed by atoms with van der Waals surface area (Å²) >= 11 is 0. The maximum absolute atomic E-state index is 12.5. The van der Waals surface area contributed by atoms with Crippen molar-refractivity contribution in [1.82, 2.24) is 4.90 Å². The van der Waals surface area contributed by atoms with Crippen LogP contribution in [-0.4, -0.2) is 54.4 Å². The van der Waals surface area contributed by atoms with Crippen LogP contribution in [0.3, 0.4) is 0 Å². The summed E-state index contributed by atoms with van der Waals surface area (Å²) in [5, 5.41) is 10.8. The maximum Gasteiger partial charge on any atom is 0.273 e. The molecular formula is C16H20N2O6. The van der Waals surface area contributed by atoms with E-state index >= 15 is 0 Å². The number of hydrogen-bond acceptors (Lipinski definition) is 6. The first kappa shape index (κ1) is 16.7. The van der Waals surface area contributed by atoms with Crippen LogP contribution in [0.5, 0.6) is 5.75 Å². The minimum Gasteiger partial charge on any atom is -0.484 e. The van der Waals surface area contributed by atoms with Gasteiger partial charge in [0.05, 0.1) is 30.2 Å². The van der Waals surface area contributed by atoms with E-state index in [-0.39, 0.29) is 30.5 Å². The average molecular weight is 336 g/mol. The molecule has 1 aromatic carbocycles. The molecule has 8 heteroatoms. The van der Waals surface area contributed by atoms with Crippen LogP contribution in [0.25, 0.3) is 0 Å². The van der Waals surface area contributed by atoms with Crippen molar-refractivity contribution in [1.29, 1.82) is 0 Å². The van der Waals surface area contributed by atoms with Crippen LogP contribution in [0.15, 0.2) is 24.3 Å². The Morgan fingerprint density at radius 1 is 1.33 bits per heavy atom. The number of hydrogen-bond donors (Lipinski definition) is 0. The fourth-order valence-electron chi connectivity index (χ4n) is 3.06. The fourth-order valence-corrected chi connectivity index (χ4v) is 3.06. The van der Waals surface area contributed by atoms with Gasteiger partial charge in [-0.2, -0.15) is 0 Å². The molecule has 1 amide bonds. The van der Waals surface area contributed by atoms with Gasteiger partial charge in [-0.3, -0.25) is 14.9 Å². The molecule has 1 aromatic rings. The molecule has 24 heavy (non-hydrogen) atoms. The van der Waals surface area contributed by atoms with Crippen LogP contribution >= 0.6 is 0 Å². The van der Waals surface area contributed by atoms with E-state index in [1.807, 2.05) is 0 Å². The van der Waals surface area contributed by atoms with Crippen LogP contribution in [0.1, 0.15) is 19.3 Å². The molecule has 2 aliphatic heterocycles. The third-order valence-corrected chi connectivity index (χ3v) is 4.22. The van der Waals surface area contributed by atoms with E-state index < -0.39 is 4.92 Å². The van der Waals surface area contributed by atoms with Gasteiger partial charge in [-0.25, -0.2) is 0 Å². The number of benzene rings is 1. The molecule has 2 fully saturated rings. The number of likely N-dealkylation sites (tertiary alicyclic amines) is 1. The third kappa shape index (κ3) is 3.82. The Balaban J connectivity index is 1.60. The number of nitro benzene ring substituents is 1. The van der Waals surface area contributed by atoms with Gasteiger partial charge in [0.25, 0.3) is 11.6 Å². The smallest absolute Gasteiger partial charge is 0.273 e. The molecule has 1 atom stereocenters. The lowest BCUT2D eigenvalue weighted by Crippen LogP contribution is -2.51. The largest absolute Gasteiger partial charge is 0.484 e. The lowest BCUT2D eigenvalue weighted by Gasteiger charge is -2.37. The molecule has 130 valence electrons. The Labute approximate surface area is 139 Å². The summed E-state index contributed by atoms with van der Waals surface area (Å²) in [6, 6.07) is 5.72. The summed E-state index contributed by atoms with van der Waals surface area (Å²) in [5.74, 6) is 0.143. The molecule has 0 aliphatic carbocycles. The Morgan fingerprint density at radius 3 is 2.88 bits per heavy atom. The average Bonchev–Trinajstić information content (AvgIpc) is 3.14. The normalized spacial score (nSPS) is 21.7. The zero-order chi connectivity index (χ0) is 16.9. The highest BCUT2D eigenvalue weighted by Gasteiger charge is 2.36. The van der Waals surface area contributed by atoms with Crippen molar-refractivity contribution >= 4 is 11.6 Å². The molecule has 2 heterocycles. The molecule has 0 radical (unpaired) electrons. The summed E-state index contributed by atoms with van der Waals surface area (Å²) in [6.07, 6.45) is 2.44. The second kappa shape index (κ2) is 7.59. The van der Waals surface area contributed by atoms with Crippen molar-refractivity contribution in [2.45, 2.75) is 31.6 Å². The molecule has 2 saturated heterocycles. The van der Waals surface area contributed by atoms with Crippen LogP contribution in [0.2, 0.25) is 0 Å². The number of carbonyl (C=O) groups excluding carboxylic acids is 1. The summed E-state index contributed by atoms with van der Waals surface area (Å²) < 4.78 is 16.5. The minimum absolute atomic E-state index is 0.0662. The van der Waals surface area contributed by atoms with Gasteiger partial charge >= 0.3 is 0 Å². The zero-order valence-electron chi connectivity index (χ0n) is 13.3. The van der Waals surface area contributed by atoms with Gasteiger partial charge in [0, 0.05) is 12.6 Å². The number of piperidine rings is 1. The molecule has 0 bridgehead atoms. The quantitative estimate of drug-likeness (QED) is 0.601. The molecule has 0 N–H and O–H groups in total. The van der Waals surface area contributed by atoms with E-state index in [1.165, 1.54) is 18.2 Å². The van der Waals surface area contributed by atoms with E-state index in [1.54, 1.807) is 11.0 Å². The number of nitro groups is 1. The maximum atomic E-state index is 12.5. The second-order valence-electron chi connectivity index (χ2n) is 5.80. The van der Waals surface area contributed by atoms with Gasteiger partial charge in [0.2, 0.25) is 0 Å². The third-order valence-electron chi connectivity index (χ3n) is 4.22. The zero-order valence-corrected chi connectivity index (χ0v) is 13.3. The summed E-state index contributed by atoms with van der Waals surface area (Å²) in [5.41, 5.74) is -0.0662. The first-order valence-electron chi connectivity index (χ1n) is 8.05. The highest BCUT2D eigenvalue weighted by Crippen LogP contribution is 2.25. The molecule has 2 aliphatic rings. The summed E-state index contributed by atoms with van der Waals surface area (Å²) in [7, 11) is 0. The molecule has 0 aromatic heterocycles. The van der Waals surface area contributed by atoms with E-state index in [0.29, 0.717) is 25.5 Å². The van der Waals surface area contributed by atoms with Crippen LogP contribution in [0, 0.1) is 10.1 Å². The number of ether oxygens (including phenoxy) is 3. The Bertz CT molecular complexity index is 602. The first-order valence-corrected chi connectivity index (χ1v) is 8.05. The minimum atomic E-state index is -0.496. The molecule has 0 saturated carbocycles. The lowest BCUT2D eigenvalue weighted by molar-refractivity contribution is -0.384. The number of amides is 1. The molecular weight excluding hydrogens is 316 g/mol. The lowest BCUT2D eigenvalue weighted by atomic mass is 10.0. The SMILES string of the molecule is O=C(COc1cccc([N+](=O)[O-])c1)N1CCCC[C@H]1C1OCCO1. The standard InChI is InChI=1S/C16H20N2O6/c19-15(11-24-13-5-3-4-12(10-13)18(20)21)17-7-2-1-6-14(17)16-22-8-9-23-16/h3-5,10,14,16H,1-2,6-9,11H2/t14-/m0/s1. The van der Waals surface area contributed by atoms with Crippen molar-refractivity contribution in [3.63, 3.8) is 0 Å². The predicted octanol–water partition coefficient (Wildman–Crippen LogP) is 1.73. The summed E-state index contributed by atoms with van der Waals surface area (Å²) in [6.45, 7) is 1.58. The highest BCUT2D eigenvalue weighted by atomic mass is 16.7. The molecule has 0 unspecified atom stereocenters. The van der Waals surface area contributed by atoms with E-state index in [0.717, 1.165) is 19.3 Å². The fraction of sp³-hybridized carbons (Fsp3) is 0.562. The number of nitrogens with zero attached hydrogens (tertiary/aromatic N) is 2. The van der Waals surface area contributed by atoms with Gasteiger partial charge in [-0.1, -0.05) is 6.07 Å². The van der Waals surface area contributed by atoms with E-state index in [4.69, 9.17) is 14.2 Å². The van der Waals surface area contributed by atoms with Crippen molar-refractivity contribution < 1.29 is 23.9 Å². The summed E-state index contributed by atoms with van der Waals surface area (Å²) in [4.78, 5) is 24.5. The Kier molecular flexibility index (Phi) is 5.27. The van der Waals surface area contributed by atoms with Gasteiger partial charge in [0.1, 0.15) is 5.75 Å². The van der Waals surface area contributed by atoms with Gasteiger partial charge < -0.3 is 19.1 Å². The molecule has 3 rings (SSSR count). The van der Waals surface area contributed by atoms with Crippen molar-refractivity contribution in [2.24, 2.45) is 0 Å². The first-order chi connectivity index (χ1) is 11.6. The molecule has 8 nitrogen and oxygen atoms in total. The van der Waals surface area contributed by atoms with Gasteiger partial charge in [0.15, 0.2) is 12.9 Å². The van der Waals surface area contributed by atoms with Crippen molar-refractivity contribution in [3.8, 4) is 5.75 Å². The van der Waals surface area contributed by atoms with Gasteiger partial charge in [-0.05, 0) is 25.3 Å². The van der Waals surface area contributed by atoms with Crippen LogP contribution < -0.4 is 4.74 Å². The van der Waals surface area contributed by atoms with Gasteiger partial charge in [-0.15, -0.1) is 0 Å². The molecule has 0 spiro atoms. The predicted molar refractivity (Wildman–Crippen MR) is 83.6 cm³/mol. The number of carbonyl (C=O) groups is 1. The van der Waals surface area contributed by atoms with E-state index in [9.17, 15) is 14.9 Å². The Hall–Kier alpha value is -2.19. The topological polar surface area (TPSA) is 91.1 Å². The second-order valence-corrected chi connectivity index (χ2v) is 5.80. The van der Waals surface area contributed by atoms with Crippen molar-refractivity contribution in [2.75, 3.05) is 26.4 Å². The number of rotatable bonds is 5. The van der Waals surface area contributed by atoms with E-state index in [2.05, 4.69) is 0 Å². The van der Waals surface area contributed by atoms with Crippen LogP contribution in [0.4, 0.5) is 5.69 Å². The van der Waals surface area contributed by atoms with Crippen molar-refractivity contribution in [3.05, 3.63) is 34.4 Å². The Morgan fingerprint density at radius 2 is 2.12 bits per heavy atom. The monoisotopic (exact) mass is 336 g/mol. The highest BCUT2D eigenvalue weighted by molar-refractivity contribution is 5.78. The van der Waals surface area contributed by atoms with Crippen LogP contribution in [-0.2, 0) is 14.3 Å². The number of non-ortho nitro benzene ring substituents is 1.